The lowest BCUT2D eigenvalue weighted by Gasteiger charge is -2.46. The van der Waals surface area contributed by atoms with Gasteiger partial charge in [-0.1, -0.05) is 17.7 Å². The molecule has 0 N–H and O–H groups in total. The van der Waals surface area contributed by atoms with Gasteiger partial charge >= 0.3 is 0 Å². The number of carbonyl (C=O) groups excluding carboxylic acids is 1. The molecule has 2 heterocycles. The standard InChI is InChI=1S/C16H20BrClN2O/c1-19-8-3-4-11-10-20(9-7-14(11)19)16(21)12-5-2-6-13(17)15(12)18/h2,5-6,11,14H,3-4,7-10H2,1H3. The van der Waals surface area contributed by atoms with Crippen molar-refractivity contribution in [3.05, 3.63) is 33.3 Å². The van der Waals surface area contributed by atoms with E-state index in [0.717, 1.165) is 24.0 Å². The molecule has 2 aliphatic rings. The zero-order valence-corrected chi connectivity index (χ0v) is 14.5. The van der Waals surface area contributed by atoms with E-state index < -0.39 is 0 Å². The summed E-state index contributed by atoms with van der Waals surface area (Å²) in [7, 11) is 2.21. The Balaban J connectivity index is 1.76. The summed E-state index contributed by atoms with van der Waals surface area (Å²) in [6, 6.07) is 6.18. The largest absolute Gasteiger partial charge is 0.338 e. The van der Waals surface area contributed by atoms with Crippen molar-refractivity contribution in [1.82, 2.24) is 9.80 Å². The van der Waals surface area contributed by atoms with Crippen molar-refractivity contribution in [3.63, 3.8) is 0 Å². The maximum absolute atomic E-state index is 12.7. The van der Waals surface area contributed by atoms with E-state index in [2.05, 4.69) is 27.9 Å². The van der Waals surface area contributed by atoms with E-state index >= 15 is 0 Å². The normalized spacial score (nSPS) is 26.5. The first-order chi connectivity index (χ1) is 10.1. The first-order valence-corrected chi connectivity index (χ1v) is 8.68. The van der Waals surface area contributed by atoms with E-state index in [-0.39, 0.29) is 5.91 Å². The molecule has 0 saturated carbocycles. The minimum Gasteiger partial charge on any atom is -0.338 e. The molecule has 114 valence electrons. The number of amides is 1. The minimum absolute atomic E-state index is 0.0629. The third-order valence-corrected chi connectivity index (χ3v) is 6.11. The van der Waals surface area contributed by atoms with Crippen LogP contribution in [0.1, 0.15) is 29.6 Å². The lowest BCUT2D eigenvalue weighted by atomic mass is 9.84. The summed E-state index contributed by atoms with van der Waals surface area (Å²) in [6.45, 7) is 2.87. The summed E-state index contributed by atoms with van der Waals surface area (Å²) in [5.41, 5.74) is 0.605. The van der Waals surface area contributed by atoms with Gasteiger partial charge in [-0.05, 0) is 66.8 Å². The Morgan fingerprint density at radius 2 is 2.14 bits per heavy atom. The molecule has 0 spiro atoms. The fourth-order valence-corrected chi connectivity index (χ4v) is 4.25. The summed E-state index contributed by atoms with van der Waals surface area (Å²) < 4.78 is 0.780. The predicted molar refractivity (Wildman–Crippen MR) is 88.8 cm³/mol. The van der Waals surface area contributed by atoms with E-state index in [1.54, 1.807) is 0 Å². The summed E-state index contributed by atoms with van der Waals surface area (Å²) >= 11 is 9.66. The number of rotatable bonds is 1. The number of nitrogens with zero attached hydrogens (tertiary/aromatic N) is 2. The number of halogens is 2. The molecule has 21 heavy (non-hydrogen) atoms. The van der Waals surface area contributed by atoms with Crippen LogP contribution in [0.2, 0.25) is 5.02 Å². The van der Waals surface area contributed by atoms with Crippen LogP contribution in [0.4, 0.5) is 0 Å². The molecule has 2 aliphatic heterocycles. The van der Waals surface area contributed by atoms with Crippen LogP contribution in [0.5, 0.6) is 0 Å². The van der Waals surface area contributed by atoms with Gasteiger partial charge in [0.25, 0.3) is 5.91 Å². The Kier molecular flexibility index (Phi) is 4.57. The van der Waals surface area contributed by atoms with Gasteiger partial charge in [-0.3, -0.25) is 4.79 Å². The van der Waals surface area contributed by atoms with Crippen molar-refractivity contribution < 1.29 is 4.79 Å². The van der Waals surface area contributed by atoms with E-state index in [9.17, 15) is 4.79 Å². The van der Waals surface area contributed by atoms with Crippen molar-refractivity contribution >= 4 is 33.4 Å². The van der Waals surface area contributed by atoms with Crippen LogP contribution in [0.25, 0.3) is 0 Å². The van der Waals surface area contributed by atoms with Crippen LogP contribution < -0.4 is 0 Å². The Labute approximate surface area is 139 Å². The Morgan fingerprint density at radius 3 is 2.95 bits per heavy atom. The molecule has 2 saturated heterocycles. The van der Waals surface area contributed by atoms with Gasteiger partial charge < -0.3 is 9.80 Å². The van der Waals surface area contributed by atoms with Crippen LogP contribution in [-0.2, 0) is 0 Å². The van der Waals surface area contributed by atoms with E-state index in [0.29, 0.717) is 22.5 Å². The Hall–Kier alpha value is -0.580. The molecule has 5 heteroatoms. The lowest BCUT2D eigenvalue weighted by molar-refractivity contribution is 0.0317. The molecule has 1 amide bonds. The average molecular weight is 372 g/mol. The lowest BCUT2D eigenvalue weighted by Crippen LogP contribution is -2.53. The monoisotopic (exact) mass is 370 g/mol. The number of carbonyl (C=O) groups is 1. The minimum atomic E-state index is 0.0629. The number of hydrogen-bond acceptors (Lipinski definition) is 2. The predicted octanol–water partition coefficient (Wildman–Crippen LogP) is 3.66. The molecule has 0 radical (unpaired) electrons. The number of benzene rings is 1. The molecule has 0 bridgehead atoms. The van der Waals surface area contributed by atoms with Crippen LogP contribution in [-0.4, -0.2) is 48.4 Å². The van der Waals surface area contributed by atoms with Crippen molar-refractivity contribution in [2.75, 3.05) is 26.7 Å². The highest BCUT2D eigenvalue weighted by Crippen LogP contribution is 2.32. The highest BCUT2D eigenvalue weighted by atomic mass is 79.9. The van der Waals surface area contributed by atoms with Gasteiger partial charge in [0, 0.05) is 23.6 Å². The maximum Gasteiger partial charge on any atom is 0.255 e. The van der Waals surface area contributed by atoms with Crippen molar-refractivity contribution in [1.29, 1.82) is 0 Å². The van der Waals surface area contributed by atoms with Gasteiger partial charge in [0.15, 0.2) is 0 Å². The van der Waals surface area contributed by atoms with Gasteiger partial charge in [-0.25, -0.2) is 0 Å². The Morgan fingerprint density at radius 1 is 1.33 bits per heavy atom. The van der Waals surface area contributed by atoms with E-state index in [4.69, 9.17) is 11.6 Å². The van der Waals surface area contributed by atoms with Gasteiger partial charge in [-0.15, -0.1) is 0 Å². The first-order valence-electron chi connectivity index (χ1n) is 7.51. The van der Waals surface area contributed by atoms with Crippen molar-refractivity contribution in [2.24, 2.45) is 5.92 Å². The van der Waals surface area contributed by atoms with Gasteiger partial charge in [0.2, 0.25) is 0 Å². The molecule has 1 aromatic carbocycles. The molecule has 3 rings (SSSR count). The molecule has 2 unspecified atom stereocenters. The molecular formula is C16H20BrClN2O. The third-order valence-electron chi connectivity index (χ3n) is 4.81. The number of fused-ring (bicyclic) bond motifs is 1. The number of piperidine rings is 2. The van der Waals surface area contributed by atoms with E-state index in [1.807, 2.05) is 23.1 Å². The second-order valence-corrected chi connectivity index (χ2v) is 7.32. The van der Waals surface area contributed by atoms with Gasteiger partial charge in [0.05, 0.1) is 10.6 Å². The molecular weight excluding hydrogens is 352 g/mol. The average Bonchev–Trinajstić information content (AvgIpc) is 2.49. The fraction of sp³-hybridized carbons (Fsp3) is 0.562. The summed E-state index contributed by atoms with van der Waals surface area (Å²) in [6.07, 6.45) is 3.53. The quantitative estimate of drug-likeness (QED) is 0.752. The number of likely N-dealkylation sites (tertiary alicyclic amines) is 2. The summed E-state index contributed by atoms with van der Waals surface area (Å²) in [4.78, 5) is 17.2. The maximum atomic E-state index is 12.7. The number of hydrogen-bond donors (Lipinski definition) is 0. The topological polar surface area (TPSA) is 23.6 Å². The third kappa shape index (κ3) is 2.99. The first kappa shape index (κ1) is 15.3. The fourth-order valence-electron chi connectivity index (χ4n) is 3.68. The van der Waals surface area contributed by atoms with Gasteiger partial charge in [0.1, 0.15) is 0 Å². The van der Waals surface area contributed by atoms with Gasteiger partial charge in [-0.2, -0.15) is 0 Å². The van der Waals surface area contributed by atoms with Crippen LogP contribution in [0.3, 0.4) is 0 Å². The second kappa shape index (κ2) is 6.27. The second-order valence-electron chi connectivity index (χ2n) is 6.09. The van der Waals surface area contributed by atoms with Crippen LogP contribution in [0.15, 0.2) is 22.7 Å². The highest BCUT2D eigenvalue weighted by Gasteiger charge is 2.36. The molecule has 0 aromatic heterocycles. The molecule has 2 fully saturated rings. The van der Waals surface area contributed by atoms with E-state index in [1.165, 1.54) is 19.4 Å². The molecule has 1 aromatic rings. The SMILES string of the molecule is CN1CCCC2CN(C(=O)c3cccc(Br)c3Cl)CCC21. The smallest absolute Gasteiger partial charge is 0.255 e. The summed E-state index contributed by atoms with van der Waals surface area (Å²) in [5.74, 6) is 0.667. The highest BCUT2D eigenvalue weighted by molar-refractivity contribution is 9.10. The molecule has 3 nitrogen and oxygen atoms in total. The van der Waals surface area contributed by atoms with Crippen LogP contribution >= 0.6 is 27.5 Å². The molecule has 0 aliphatic carbocycles. The summed E-state index contributed by atoms with van der Waals surface area (Å²) in [5, 5.41) is 0.519. The van der Waals surface area contributed by atoms with Crippen molar-refractivity contribution in [2.45, 2.75) is 25.3 Å². The van der Waals surface area contributed by atoms with Crippen molar-refractivity contribution in [3.8, 4) is 0 Å². The van der Waals surface area contributed by atoms with Crippen LogP contribution in [0, 0.1) is 5.92 Å². The Bertz CT molecular complexity index is 551. The zero-order valence-electron chi connectivity index (χ0n) is 12.2. The molecule has 2 atom stereocenters. The zero-order chi connectivity index (χ0) is 15.0.